The maximum Gasteiger partial charge on any atom is 0.411 e. The molecular weight excluding hydrogens is 266 g/mol. The van der Waals surface area contributed by atoms with Crippen LogP contribution in [0.3, 0.4) is 0 Å². The van der Waals surface area contributed by atoms with Crippen molar-refractivity contribution in [3.8, 4) is 5.75 Å². The summed E-state index contributed by atoms with van der Waals surface area (Å²) < 4.78 is 57.8. The van der Waals surface area contributed by atoms with Crippen molar-refractivity contribution in [3.05, 3.63) is 29.6 Å². The Labute approximate surface area is 108 Å². The molecule has 19 heavy (non-hydrogen) atoms. The van der Waals surface area contributed by atoms with Gasteiger partial charge in [0, 0.05) is 6.04 Å². The lowest BCUT2D eigenvalue weighted by Gasteiger charge is -2.11. The van der Waals surface area contributed by atoms with Crippen LogP contribution in [0.5, 0.6) is 5.75 Å². The molecule has 0 aliphatic heterocycles. The van der Waals surface area contributed by atoms with Crippen LogP contribution < -0.4 is 10.5 Å². The third-order valence-electron chi connectivity index (χ3n) is 2.12. The highest BCUT2D eigenvalue weighted by molar-refractivity contribution is 5.29. The summed E-state index contributed by atoms with van der Waals surface area (Å²) in [6, 6.07) is 4.07. The van der Waals surface area contributed by atoms with E-state index in [-0.39, 0.29) is 11.8 Å². The van der Waals surface area contributed by atoms with Gasteiger partial charge in [-0.25, -0.2) is 4.39 Å². The van der Waals surface area contributed by atoms with E-state index in [9.17, 15) is 17.6 Å². The van der Waals surface area contributed by atoms with Gasteiger partial charge in [0.25, 0.3) is 0 Å². The molecular formula is C12H15F4NO2. The Balaban J connectivity index is 2.46. The zero-order chi connectivity index (χ0) is 14.5. The first kappa shape index (κ1) is 15.7. The van der Waals surface area contributed by atoms with Gasteiger partial charge < -0.3 is 15.2 Å². The van der Waals surface area contributed by atoms with Crippen molar-refractivity contribution in [1.29, 1.82) is 0 Å². The Bertz CT molecular complexity index is 407. The summed E-state index contributed by atoms with van der Waals surface area (Å²) in [5.74, 6) is -0.815. The quantitative estimate of drug-likeness (QED) is 0.495. The molecule has 3 nitrogen and oxygen atoms in total. The van der Waals surface area contributed by atoms with Crippen LogP contribution >= 0.6 is 0 Å². The number of benzene rings is 1. The zero-order valence-corrected chi connectivity index (χ0v) is 10.3. The Kier molecular flexibility index (Phi) is 5.56. The van der Waals surface area contributed by atoms with Crippen molar-refractivity contribution in [2.24, 2.45) is 5.73 Å². The van der Waals surface area contributed by atoms with E-state index in [1.165, 1.54) is 12.1 Å². The normalized spacial score (nSPS) is 13.4. The average Bonchev–Trinajstić information content (AvgIpc) is 2.24. The summed E-state index contributed by atoms with van der Waals surface area (Å²) >= 11 is 0. The second-order valence-electron chi connectivity index (χ2n) is 4.17. The van der Waals surface area contributed by atoms with E-state index in [0.29, 0.717) is 12.0 Å². The van der Waals surface area contributed by atoms with Crippen LogP contribution in [0.4, 0.5) is 17.6 Å². The smallest absolute Gasteiger partial charge is 0.411 e. The summed E-state index contributed by atoms with van der Waals surface area (Å²) in [7, 11) is 0. The summed E-state index contributed by atoms with van der Waals surface area (Å²) in [5.41, 5.74) is 6.26. The SMILES string of the molecule is CC(N)Cc1ccc(OCOCC(F)(F)F)c(F)c1. The number of nitrogens with two attached hydrogens (primary N) is 1. The molecule has 0 heterocycles. The topological polar surface area (TPSA) is 44.5 Å². The van der Waals surface area contributed by atoms with E-state index in [2.05, 4.69) is 4.74 Å². The molecule has 1 aromatic rings. The van der Waals surface area contributed by atoms with Gasteiger partial charge in [0.2, 0.25) is 0 Å². The largest absolute Gasteiger partial charge is 0.464 e. The van der Waals surface area contributed by atoms with Crippen LogP contribution in [0.25, 0.3) is 0 Å². The van der Waals surface area contributed by atoms with Gasteiger partial charge in [-0.2, -0.15) is 13.2 Å². The molecule has 0 aliphatic rings. The van der Waals surface area contributed by atoms with Crippen molar-refractivity contribution >= 4 is 0 Å². The Morgan fingerprint density at radius 1 is 1.32 bits per heavy atom. The van der Waals surface area contributed by atoms with Gasteiger partial charge in [-0.3, -0.25) is 0 Å². The van der Waals surface area contributed by atoms with Gasteiger partial charge >= 0.3 is 6.18 Å². The van der Waals surface area contributed by atoms with E-state index >= 15 is 0 Å². The monoisotopic (exact) mass is 281 g/mol. The van der Waals surface area contributed by atoms with Gasteiger partial charge in [-0.15, -0.1) is 0 Å². The summed E-state index contributed by atoms with van der Waals surface area (Å²) in [6.07, 6.45) is -3.93. The molecule has 0 radical (unpaired) electrons. The van der Waals surface area contributed by atoms with Gasteiger partial charge in [0.15, 0.2) is 18.4 Å². The fourth-order valence-electron chi connectivity index (χ4n) is 1.42. The Hall–Kier alpha value is -1.34. The van der Waals surface area contributed by atoms with Gasteiger partial charge in [-0.05, 0) is 31.0 Å². The zero-order valence-electron chi connectivity index (χ0n) is 10.3. The van der Waals surface area contributed by atoms with Crippen LogP contribution in [-0.4, -0.2) is 25.6 Å². The first-order chi connectivity index (χ1) is 8.78. The fourth-order valence-corrected chi connectivity index (χ4v) is 1.42. The molecule has 0 spiro atoms. The van der Waals surface area contributed by atoms with Crippen molar-refractivity contribution in [2.75, 3.05) is 13.4 Å². The highest BCUT2D eigenvalue weighted by Gasteiger charge is 2.27. The molecule has 108 valence electrons. The fraction of sp³-hybridized carbons (Fsp3) is 0.500. The number of alkyl halides is 3. The van der Waals surface area contributed by atoms with Crippen LogP contribution in [0.1, 0.15) is 12.5 Å². The number of halogens is 4. The Morgan fingerprint density at radius 3 is 2.53 bits per heavy atom. The average molecular weight is 281 g/mol. The van der Waals surface area contributed by atoms with E-state index in [0.717, 1.165) is 0 Å². The molecule has 0 fully saturated rings. The minimum absolute atomic E-state index is 0.110. The van der Waals surface area contributed by atoms with E-state index in [1.807, 2.05) is 0 Å². The number of hydrogen-bond donors (Lipinski definition) is 1. The number of rotatable bonds is 6. The van der Waals surface area contributed by atoms with Gasteiger partial charge in [0.1, 0.15) is 6.61 Å². The second kappa shape index (κ2) is 6.72. The summed E-state index contributed by atoms with van der Waals surface area (Å²) in [6.45, 7) is -0.312. The lowest BCUT2D eigenvalue weighted by Crippen LogP contribution is -2.19. The van der Waals surface area contributed by atoms with Crippen molar-refractivity contribution in [1.82, 2.24) is 0 Å². The predicted molar refractivity (Wildman–Crippen MR) is 61.3 cm³/mol. The maximum absolute atomic E-state index is 13.5. The lowest BCUT2D eigenvalue weighted by molar-refractivity contribution is -0.187. The first-order valence-corrected chi connectivity index (χ1v) is 5.59. The lowest BCUT2D eigenvalue weighted by atomic mass is 10.1. The van der Waals surface area contributed by atoms with E-state index < -0.39 is 25.4 Å². The molecule has 0 bridgehead atoms. The highest BCUT2D eigenvalue weighted by Crippen LogP contribution is 2.20. The predicted octanol–water partition coefficient (Wildman–Crippen LogP) is 2.63. The standard InChI is InChI=1S/C12H15F4NO2/c1-8(17)4-9-2-3-11(10(13)5-9)19-7-18-6-12(14,15)16/h2-3,5,8H,4,6-7,17H2,1H3. The van der Waals surface area contributed by atoms with Crippen LogP contribution in [0, 0.1) is 5.82 Å². The molecule has 1 rings (SSSR count). The first-order valence-electron chi connectivity index (χ1n) is 5.59. The number of ether oxygens (including phenoxy) is 2. The third kappa shape index (κ3) is 6.40. The molecule has 1 atom stereocenters. The third-order valence-corrected chi connectivity index (χ3v) is 2.12. The molecule has 0 saturated heterocycles. The minimum Gasteiger partial charge on any atom is -0.464 e. The van der Waals surface area contributed by atoms with Crippen LogP contribution in [0.15, 0.2) is 18.2 Å². The van der Waals surface area contributed by atoms with Crippen molar-refractivity contribution < 1.29 is 27.0 Å². The maximum atomic E-state index is 13.5. The minimum atomic E-state index is -4.43. The second-order valence-corrected chi connectivity index (χ2v) is 4.17. The highest BCUT2D eigenvalue weighted by atomic mass is 19.4. The summed E-state index contributed by atoms with van der Waals surface area (Å²) in [4.78, 5) is 0. The molecule has 7 heteroatoms. The molecule has 1 unspecified atom stereocenters. The molecule has 2 N–H and O–H groups in total. The van der Waals surface area contributed by atoms with E-state index in [1.54, 1.807) is 13.0 Å². The Morgan fingerprint density at radius 2 is 2.00 bits per heavy atom. The number of hydrogen-bond acceptors (Lipinski definition) is 3. The molecule has 1 aromatic carbocycles. The molecule has 0 aliphatic carbocycles. The molecule has 0 amide bonds. The van der Waals surface area contributed by atoms with Crippen LogP contribution in [-0.2, 0) is 11.2 Å². The van der Waals surface area contributed by atoms with Crippen molar-refractivity contribution in [2.45, 2.75) is 25.6 Å². The molecule has 0 aromatic heterocycles. The van der Waals surface area contributed by atoms with Gasteiger partial charge in [0.05, 0.1) is 0 Å². The van der Waals surface area contributed by atoms with E-state index in [4.69, 9.17) is 10.5 Å². The van der Waals surface area contributed by atoms with Crippen molar-refractivity contribution in [3.63, 3.8) is 0 Å². The van der Waals surface area contributed by atoms with Gasteiger partial charge in [-0.1, -0.05) is 6.07 Å². The molecule has 0 saturated carbocycles. The van der Waals surface area contributed by atoms with Crippen LogP contribution in [0.2, 0.25) is 0 Å². The summed E-state index contributed by atoms with van der Waals surface area (Å²) in [5, 5.41) is 0.